The molecule has 0 saturated heterocycles. The fourth-order valence-electron chi connectivity index (χ4n) is 2.92. The van der Waals surface area contributed by atoms with Crippen molar-refractivity contribution in [2.45, 2.75) is 69.5 Å². The van der Waals surface area contributed by atoms with Gasteiger partial charge < -0.3 is 0 Å². The molecule has 2 rings (SSSR count). The fraction of sp³-hybridized carbons (Fsp3) is 0.733. The summed E-state index contributed by atoms with van der Waals surface area (Å²) in [4.78, 5) is 0. The molecular weight excluding hydrogens is 290 g/mol. The number of rotatable bonds is 1. The first-order chi connectivity index (χ1) is 9.62. The van der Waals surface area contributed by atoms with Crippen molar-refractivity contribution in [3.8, 4) is 0 Å². The van der Waals surface area contributed by atoms with Crippen molar-refractivity contribution in [1.82, 2.24) is 10.2 Å². The number of halogens is 2. The lowest BCUT2D eigenvalue weighted by atomic mass is 9.60. The number of hydrogen-bond acceptors (Lipinski definition) is 2. The van der Waals surface area contributed by atoms with Crippen molar-refractivity contribution < 1.29 is 0 Å². The molecule has 5 heteroatoms. The molecule has 1 fully saturated rings. The molecule has 1 aromatic heterocycles. The van der Waals surface area contributed by atoms with Gasteiger partial charge in [0.15, 0.2) is 5.15 Å². The second-order valence-corrected chi connectivity index (χ2v) is 6.62. The Bertz CT molecular complexity index is 428. The minimum Gasteiger partial charge on any atom is -0.154 e. The lowest BCUT2D eigenvalue weighted by molar-refractivity contribution is 0.448. The summed E-state index contributed by atoms with van der Waals surface area (Å²) in [5.74, 6) is 0. The zero-order valence-electron chi connectivity index (χ0n) is 11.9. The normalized spacial score (nSPS) is 21.1. The number of nitrogens with zero attached hydrogens (tertiary/aromatic N) is 2. The number of hydrogen-bond donors (Lipinski definition) is 0. The molecule has 2 radical (unpaired) electrons. The van der Waals surface area contributed by atoms with Crippen LogP contribution in [0.25, 0.3) is 0 Å². The summed E-state index contributed by atoms with van der Waals surface area (Å²) in [5, 5.41) is 8.39. The van der Waals surface area contributed by atoms with E-state index in [0.29, 0.717) is 5.02 Å². The van der Waals surface area contributed by atoms with Gasteiger partial charge in [-0.15, -0.1) is 5.10 Å². The second kappa shape index (κ2) is 7.65. The van der Waals surface area contributed by atoms with Crippen LogP contribution in [0.5, 0.6) is 0 Å². The van der Waals surface area contributed by atoms with Gasteiger partial charge >= 0.3 is 0 Å². The summed E-state index contributed by atoms with van der Waals surface area (Å²) in [6.45, 7) is 0. The summed E-state index contributed by atoms with van der Waals surface area (Å²) in [6.07, 6.45) is 12.0. The van der Waals surface area contributed by atoms with Gasteiger partial charge in [0.05, 0.1) is 18.6 Å². The Morgan fingerprint density at radius 3 is 1.85 bits per heavy atom. The van der Waals surface area contributed by atoms with Crippen LogP contribution in [0.4, 0.5) is 0 Å². The SMILES string of the molecule is [B]C1(c2cc(Cl)c(Cl)nn2)CCCCCCCCCC1. The lowest BCUT2D eigenvalue weighted by Gasteiger charge is -2.29. The van der Waals surface area contributed by atoms with Gasteiger partial charge in [-0.2, -0.15) is 5.10 Å². The third-order valence-electron chi connectivity index (χ3n) is 4.21. The highest BCUT2D eigenvalue weighted by molar-refractivity contribution is 6.41. The molecule has 1 aliphatic rings. The molecule has 0 spiro atoms. The highest BCUT2D eigenvalue weighted by Gasteiger charge is 2.28. The highest BCUT2D eigenvalue weighted by Crippen LogP contribution is 2.34. The summed E-state index contributed by atoms with van der Waals surface area (Å²) in [6, 6.07) is 1.79. The maximum Gasteiger partial charge on any atom is 0.170 e. The summed E-state index contributed by atoms with van der Waals surface area (Å²) >= 11 is 11.9. The Morgan fingerprint density at radius 2 is 1.35 bits per heavy atom. The van der Waals surface area contributed by atoms with Gasteiger partial charge in [0.1, 0.15) is 0 Å². The van der Waals surface area contributed by atoms with Crippen molar-refractivity contribution >= 4 is 31.0 Å². The van der Waals surface area contributed by atoms with Gasteiger partial charge in [0.2, 0.25) is 0 Å². The Balaban J connectivity index is 2.15. The molecule has 1 saturated carbocycles. The summed E-state index contributed by atoms with van der Waals surface area (Å²) in [5.41, 5.74) is 0.783. The Labute approximate surface area is 133 Å². The van der Waals surface area contributed by atoms with Crippen LogP contribution in [-0.2, 0) is 5.31 Å². The molecular formula is C15H21BCl2N2. The third kappa shape index (κ3) is 4.36. The van der Waals surface area contributed by atoms with Crippen molar-refractivity contribution in [2.75, 3.05) is 0 Å². The van der Waals surface area contributed by atoms with E-state index in [2.05, 4.69) is 10.2 Å². The van der Waals surface area contributed by atoms with Crippen molar-refractivity contribution in [3.63, 3.8) is 0 Å². The van der Waals surface area contributed by atoms with Crippen molar-refractivity contribution in [2.24, 2.45) is 0 Å². The zero-order chi connectivity index (χ0) is 14.4. The standard InChI is InChI=1S/C15H21BCl2N2/c16-15(13-11-12(17)14(18)20-19-13)9-7-5-3-1-2-4-6-8-10-15/h11H,1-10H2. The van der Waals surface area contributed by atoms with Crippen LogP contribution < -0.4 is 0 Å². The minimum atomic E-state index is -0.411. The maximum absolute atomic E-state index is 6.64. The van der Waals surface area contributed by atoms with Gasteiger partial charge in [-0.25, -0.2) is 0 Å². The molecule has 1 heterocycles. The molecule has 0 aromatic carbocycles. The molecule has 0 atom stereocenters. The predicted molar refractivity (Wildman–Crippen MR) is 85.7 cm³/mol. The van der Waals surface area contributed by atoms with Crippen LogP contribution in [0.1, 0.15) is 69.9 Å². The Hall–Kier alpha value is -0.275. The van der Waals surface area contributed by atoms with Gasteiger partial charge in [-0.1, -0.05) is 87.4 Å². The van der Waals surface area contributed by atoms with E-state index in [-0.39, 0.29) is 5.15 Å². The van der Waals surface area contributed by atoms with E-state index in [1.807, 2.05) is 0 Å². The second-order valence-electron chi connectivity index (χ2n) is 5.85. The highest BCUT2D eigenvalue weighted by atomic mass is 35.5. The van der Waals surface area contributed by atoms with E-state index in [0.717, 1.165) is 31.4 Å². The van der Waals surface area contributed by atoms with Crippen LogP contribution in [0.2, 0.25) is 10.2 Å². The van der Waals surface area contributed by atoms with Gasteiger partial charge in [-0.3, -0.25) is 0 Å². The maximum atomic E-state index is 6.64. The molecule has 0 aliphatic heterocycles. The van der Waals surface area contributed by atoms with Crippen LogP contribution in [0.15, 0.2) is 6.07 Å². The van der Waals surface area contributed by atoms with E-state index in [4.69, 9.17) is 31.0 Å². The van der Waals surface area contributed by atoms with Crippen LogP contribution in [0.3, 0.4) is 0 Å². The van der Waals surface area contributed by atoms with Crippen LogP contribution in [-0.4, -0.2) is 18.0 Å². The topological polar surface area (TPSA) is 25.8 Å². The summed E-state index contributed by atoms with van der Waals surface area (Å²) < 4.78 is 0. The molecule has 20 heavy (non-hydrogen) atoms. The Morgan fingerprint density at radius 1 is 0.850 bits per heavy atom. The molecule has 108 valence electrons. The molecule has 0 unspecified atom stereocenters. The molecule has 1 aliphatic carbocycles. The summed E-state index contributed by atoms with van der Waals surface area (Å²) in [7, 11) is 6.64. The van der Waals surface area contributed by atoms with E-state index >= 15 is 0 Å². The predicted octanol–water partition coefficient (Wildman–Crippen LogP) is 5.06. The minimum absolute atomic E-state index is 0.246. The van der Waals surface area contributed by atoms with E-state index in [9.17, 15) is 0 Å². The van der Waals surface area contributed by atoms with Gasteiger partial charge in [0.25, 0.3) is 0 Å². The first kappa shape index (κ1) is 16.1. The first-order valence-corrected chi connectivity index (χ1v) is 8.35. The zero-order valence-corrected chi connectivity index (χ0v) is 13.4. The smallest absolute Gasteiger partial charge is 0.154 e. The monoisotopic (exact) mass is 310 g/mol. The third-order valence-corrected chi connectivity index (χ3v) is 4.88. The van der Waals surface area contributed by atoms with Crippen LogP contribution in [0, 0.1) is 0 Å². The van der Waals surface area contributed by atoms with E-state index < -0.39 is 5.31 Å². The van der Waals surface area contributed by atoms with Crippen LogP contribution >= 0.6 is 23.2 Å². The Kier molecular flexibility index (Phi) is 6.16. The average molecular weight is 311 g/mol. The fourth-order valence-corrected chi connectivity index (χ4v) is 3.15. The molecule has 0 bridgehead atoms. The van der Waals surface area contributed by atoms with Crippen molar-refractivity contribution in [1.29, 1.82) is 0 Å². The quantitative estimate of drug-likeness (QED) is 0.677. The molecule has 1 aromatic rings. The molecule has 2 nitrogen and oxygen atoms in total. The molecule has 0 N–H and O–H groups in total. The molecule has 0 amide bonds. The van der Waals surface area contributed by atoms with E-state index in [1.54, 1.807) is 6.07 Å². The largest absolute Gasteiger partial charge is 0.170 e. The van der Waals surface area contributed by atoms with Gasteiger partial charge in [-0.05, 0) is 11.4 Å². The van der Waals surface area contributed by atoms with Crippen molar-refractivity contribution in [3.05, 3.63) is 21.9 Å². The lowest BCUT2D eigenvalue weighted by Crippen LogP contribution is -2.28. The first-order valence-electron chi connectivity index (χ1n) is 7.60. The number of aromatic nitrogens is 2. The van der Waals surface area contributed by atoms with Gasteiger partial charge in [0, 0.05) is 0 Å². The van der Waals surface area contributed by atoms with E-state index in [1.165, 1.54) is 38.5 Å². The average Bonchev–Trinajstić information content (AvgIpc) is 2.48.